The number of pyridine rings is 1. The van der Waals surface area contributed by atoms with Crippen molar-refractivity contribution >= 4 is 22.7 Å². The van der Waals surface area contributed by atoms with Gasteiger partial charge < -0.3 is 10.4 Å². The Morgan fingerprint density at radius 2 is 2.23 bits per heavy atom. The molecule has 0 aliphatic carbocycles. The van der Waals surface area contributed by atoms with Crippen molar-refractivity contribution < 1.29 is 9.90 Å². The first-order valence-electron chi connectivity index (χ1n) is 9.41. The highest BCUT2D eigenvalue weighted by Gasteiger charge is 2.25. The van der Waals surface area contributed by atoms with Gasteiger partial charge in [0.05, 0.1) is 17.2 Å². The average Bonchev–Trinajstić information content (AvgIpc) is 3.13. The van der Waals surface area contributed by atoms with Crippen LogP contribution >= 0.6 is 0 Å². The first kappa shape index (κ1) is 18.6. The van der Waals surface area contributed by atoms with E-state index in [4.69, 9.17) is 0 Å². The van der Waals surface area contributed by atoms with Crippen LogP contribution in [0.1, 0.15) is 36.5 Å². The van der Waals surface area contributed by atoms with E-state index < -0.39 is 5.97 Å². The smallest absolute Gasteiger partial charge is 0.336 e. The topological polar surface area (TPSA) is 68.7 Å². The molecule has 0 bridgehead atoms. The summed E-state index contributed by atoms with van der Waals surface area (Å²) in [7, 11) is 2.19. The van der Waals surface area contributed by atoms with Crippen molar-refractivity contribution in [3.05, 3.63) is 35.9 Å². The average molecular weight is 356 g/mol. The fourth-order valence-corrected chi connectivity index (χ4v) is 3.81. The Bertz CT molecular complexity index is 765. The SMILES string of the molecule is CCN1CCCC1N(C)CCCNc1cc(C(=O)O)c2ccccc2n1. The van der Waals surface area contributed by atoms with Crippen LogP contribution in [-0.2, 0) is 0 Å². The maximum Gasteiger partial charge on any atom is 0.336 e. The van der Waals surface area contributed by atoms with Gasteiger partial charge in [0.1, 0.15) is 5.82 Å². The number of anilines is 1. The van der Waals surface area contributed by atoms with Crippen LogP contribution in [-0.4, -0.2) is 65.3 Å². The molecule has 26 heavy (non-hydrogen) atoms. The lowest BCUT2D eigenvalue weighted by molar-refractivity contribution is 0.0699. The van der Waals surface area contributed by atoms with Crippen molar-refractivity contribution in [3.8, 4) is 0 Å². The van der Waals surface area contributed by atoms with Gasteiger partial charge in [-0.25, -0.2) is 9.78 Å². The predicted molar refractivity (Wildman–Crippen MR) is 105 cm³/mol. The van der Waals surface area contributed by atoms with Crippen LogP contribution in [0.5, 0.6) is 0 Å². The zero-order valence-corrected chi connectivity index (χ0v) is 15.6. The summed E-state index contributed by atoms with van der Waals surface area (Å²) in [5.74, 6) is -0.299. The van der Waals surface area contributed by atoms with E-state index in [-0.39, 0.29) is 0 Å². The normalized spacial score (nSPS) is 17.9. The minimum Gasteiger partial charge on any atom is -0.478 e. The van der Waals surface area contributed by atoms with Gasteiger partial charge in [0.25, 0.3) is 0 Å². The number of rotatable bonds is 8. The van der Waals surface area contributed by atoms with Gasteiger partial charge in [0.2, 0.25) is 0 Å². The van der Waals surface area contributed by atoms with Crippen LogP contribution in [0.4, 0.5) is 5.82 Å². The number of hydrogen-bond acceptors (Lipinski definition) is 5. The summed E-state index contributed by atoms with van der Waals surface area (Å²) >= 11 is 0. The van der Waals surface area contributed by atoms with Crippen LogP contribution in [0.15, 0.2) is 30.3 Å². The number of para-hydroxylation sites is 1. The molecule has 6 heteroatoms. The first-order chi connectivity index (χ1) is 12.6. The zero-order chi connectivity index (χ0) is 18.5. The molecule has 1 aromatic carbocycles. The third-order valence-electron chi connectivity index (χ3n) is 5.18. The van der Waals surface area contributed by atoms with Gasteiger partial charge in [-0.05, 0) is 51.5 Å². The van der Waals surface area contributed by atoms with Gasteiger partial charge in [-0.3, -0.25) is 9.80 Å². The third-order valence-corrected chi connectivity index (χ3v) is 5.18. The molecule has 0 spiro atoms. The molecular formula is C20H28N4O2. The second kappa shape index (κ2) is 8.47. The van der Waals surface area contributed by atoms with Crippen LogP contribution in [0.3, 0.4) is 0 Å². The Hall–Kier alpha value is -2.18. The largest absolute Gasteiger partial charge is 0.478 e. The van der Waals surface area contributed by atoms with E-state index in [1.165, 1.54) is 19.4 Å². The number of nitrogens with one attached hydrogen (secondary N) is 1. The maximum absolute atomic E-state index is 11.5. The number of carbonyl (C=O) groups is 1. The molecule has 1 saturated heterocycles. The van der Waals surface area contributed by atoms with Crippen molar-refractivity contribution in [1.82, 2.24) is 14.8 Å². The van der Waals surface area contributed by atoms with Crippen molar-refractivity contribution in [2.75, 3.05) is 38.5 Å². The second-order valence-electron chi connectivity index (χ2n) is 6.89. The summed E-state index contributed by atoms with van der Waals surface area (Å²) in [4.78, 5) is 21.0. The number of nitrogens with zero attached hydrogens (tertiary/aromatic N) is 3. The van der Waals surface area contributed by atoms with Gasteiger partial charge in [-0.1, -0.05) is 25.1 Å². The molecule has 1 aromatic heterocycles. The molecule has 140 valence electrons. The molecule has 1 fully saturated rings. The highest BCUT2D eigenvalue weighted by molar-refractivity contribution is 6.03. The second-order valence-corrected chi connectivity index (χ2v) is 6.89. The summed E-state index contributed by atoms with van der Waals surface area (Å²) in [5, 5.41) is 13.4. The van der Waals surface area contributed by atoms with E-state index in [1.807, 2.05) is 18.2 Å². The minimum absolute atomic E-state index is 0.291. The third kappa shape index (κ3) is 4.14. The maximum atomic E-state index is 11.5. The molecule has 6 nitrogen and oxygen atoms in total. The predicted octanol–water partition coefficient (Wildman–Crippen LogP) is 3.11. The Balaban J connectivity index is 1.57. The summed E-state index contributed by atoms with van der Waals surface area (Å²) in [6.45, 7) is 6.30. The molecular weight excluding hydrogens is 328 g/mol. The molecule has 1 atom stereocenters. The molecule has 0 radical (unpaired) electrons. The lowest BCUT2D eigenvalue weighted by atomic mass is 10.1. The summed E-state index contributed by atoms with van der Waals surface area (Å²) < 4.78 is 0. The number of aromatic carboxylic acids is 1. The highest BCUT2D eigenvalue weighted by atomic mass is 16.4. The molecule has 0 saturated carbocycles. The molecule has 2 aromatic rings. The Morgan fingerprint density at radius 3 is 3.00 bits per heavy atom. The number of aromatic nitrogens is 1. The quantitative estimate of drug-likeness (QED) is 0.709. The molecule has 0 amide bonds. The van der Waals surface area contributed by atoms with E-state index in [2.05, 4.69) is 34.1 Å². The van der Waals surface area contributed by atoms with Crippen LogP contribution < -0.4 is 5.32 Å². The zero-order valence-electron chi connectivity index (χ0n) is 15.6. The number of carboxylic acids is 1. The Kier molecular flexibility index (Phi) is 6.06. The molecule has 1 aliphatic heterocycles. The standard InChI is InChI=1S/C20H28N4O2/c1-3-24-13-6-10-19(24)23(2)12-7-11-21-18-14-16(20(25)26)15-8-4-5-9-17(15)22-18/h4-5,8-9,14,19H,3,6-7,10-13H2,1-2H3,(H,21,22)(H,25,26). The van der Waals surface area contributed by atoms with E-state index >= 15 is 0 Å². The van der Waals surface area contributed by atoms with E-state index in [9.17, 15) is 9.90 Å². The van der Waals surface area contributed by atoms with Gasteiger partial charge in [0.15, 0.2) is 0 Å². The number of carboxylic acid groups (broad SMARTS) is 1. The summed E-state index contributed by atoms with van der Waals surface area (Å²) in [6, 6.07) is 8.98. The van der Waals surface area contributed by atoms with Gasteiger partial charge in [0, 0.05) is 18.5 Å². The lowest BCUT2D eigenvalue weighted by Gasteiger charge is -2.31. The van der Waals surface area contributed by atoms with E-state index in [1.54, 1.807) is 12.1 Å². The van der Waals surface area contributed by atoms with Crippen molar-refractivity contribution in [2.24, 2.45) is 0 Å². The Morgan fingerprint density at radius 1 is 1.42 bits per heavy atom. The van der Waals surface area contributed by atoms with Crippen LogP contribution in [0.2, 0.25) is 0 Å². The van der Waals surface area contributed by atoms with Gasteiger partial charge in [-0.2, -0.15) is 0 Å². The molecule has 2 heterocycles. The fraction of sp³-hybridized carbons (Fsp3) is 0.500. The van der Waals surface area contributed by atoms with Gasteiger partial charge in [-0.15, -0.1) is 0 Å². The Labute approximate surface area is 154 Å². The van der Waals surface area contributed by atoms with Gasteiger partial charge >= 0.3 is 5.97 Å². The van der Waals surface area contributed by atoms with Crippen LogP contribution in [0.25, 0.3) is 10.9 Å². The molecule has 2 N–H and O–H groups in total. The van der Waals surface area contributed by atoms with E-state index in [0.29, 0.717) is 28.5 Å². The van der Waals surface area contributed by atoms with Crippen LogP contribution in [0, 0.1) is 0 Å². The molecule has 3 rings (SSSR count). The summed E-state index contributed by atoms with van der Waals surface area (Å²) in [6.07, 6.45) is 4.06. The van der Waals surface area contributed by atoms with Crippen molar-refractivity contribution in [1.29, 1.82) is 0 Å². The fourth-order valence-electron chi connectivity index (χ4n) is 3.81. The summed E-state index contributed by atoms with van der Waals surface area (Å²) in [5.41, 5.74) is 0.997. The van der Waals surface area contributed by atoms with Crippen molar-refractivity contribution in [2.45, 2.75) is 32.4 Å². The number of benzene rings is 1. The number of likely N-dealkylation sites (tertiary alicyclic amines) is 1. The molecule has 1 aliphatic rings. The molecule has 1 unspecified atom stereocenters. The van der Waals surface area contributed by atoms with Crippen molar-refractivity contribution in [3.63, 3.8) is 0 Å². The highest BCUT2D eigenvalue weighted by Crippen LogP contribution is 2.21. The lowest BCUT2D eigenvalue weighted by Crippen LogP contribution is -2.43. The van der Waals surface area contributed by atoms with E-state index in [0.717, 1.165) is 26.1 Å². The number of fused-ring (bicyclic) bond motifs is 1. The minimum atomic E-state index is -0.924. The monoisotopic (exact) mass is 356 g/mol. The first-order valence-corrected chi connectivity index (χ1v) is 9.41. The number of hydrogen-bond donors (Lipinski definition) is 2.